The molecule has 0 saturated heterocycles. The molecule has 16 heteroatoms. The lowest BCUT2D eigenvalue weighted by molar-refractivity contribution is -0.384. The Balaban J connectivity index is 1.06. The second-order valence-corrected chi connectivity index (χ2v) is 11.8. The van der Waals surface area contributed by atoms with Crippen LogP contribution in [0.4, 0.5) is 11.4 Å². The number of benzene rings is 4. The van der Waals surface area contributed by atoms with Gasteiger partial charge in [-0.2, -0.15) is 0 Å². The molecule has 4 aromatic carbocycles. The topological polar surface area (TPSA) is 205 Å². The molecule has 0 saturated carbocycles. The minimum atomic E-state index is -0.680. The number of imide groups is 2. The first-order valence-electron chi connectivity index (χ1n) is 15.8. The number of hydrogen-bond donors (Lipinski definition) is 2. The molecule has 0 spiro atoms. The second-order valence-electron chi connectivity index (χ2n) is 11.8. The number of nitro groups is 2. The van der Waals surface area contributed by atoms with Crippen molar-refractivity contribution >= 4 is 62.5 Å². The molecule has 0 aromatic heterocycles. The Labute approximate surface area is 283 Å². The maximum absolute atomic E-state index is 13.4. The number of nitro benzene ring substituents is 2. The Morgan fingerprint density at radius 3 is 1.70 bits per heavy atom. The average molecular weight is 682 g/mol. The van der Waals surface area contributed by atoms with Gasteiger partial charge in [0.05, 0.1) is 27.5 Å². The molecule has 5 amide bonds. The number of amides is 5. The van der Waals surface area contributed by atoms with E-state index in [1.54, 1.807) is 43.4 Å². The summed E-state index contributed by atoms with van der Waals surface area (Å²) < 4.78 is 0. The average Bonchev–Trinajstić information content (AvgIpc) is 3.10. The first-order valence-corrected chi connectivity index (χ1v) is 15.8. The molecule has 4 aromatic rings. The summed E-state index contributed by atoms with van der Waals surface area (Å²) in [6, 6.07) is 14.6. The predicted molar refractivity (Wildman–Crippen MR) is 180 cm³/mol. The van der Waals surface area contributed by atoms with Crippen LogP contribution in [0.3, 0.4) is 0 Å². The summed E-state index contributed by atoms with van der Waals surface area (Å²) >= 11 is 0. The van der Waals surface area contributed by atoms with Crippen LogP contribution in [0.5, 0.6) is 0 Å². The molecule has 0 radical (unpaired) electrons. The molecule has 2 aliphatic heterocycles. The molecular weight excluding hydrogens is 650 g/mol. The maximum atomic E-state index is 13.4. The van der Waals surface area contributed by atoms with E-state index in [-0.39, 0.29) is 78.8 Å². The van der Waals surface area contributed by atoms with Crippen molar-refractivity contribution in [3.05, 3.63) is 103 Å². The zero-order chi connectivity index (χ0) is 35.7. The van der Waals surface area contributed by atoms with Gasteiger partial charge in [-0.1, -0.05) is 24.3 Å². The van der Waals surface area contributed by atoms with Crippen molar-refractivity contribution in [2.24, 2.45) is 0 Å². The molecule has 2 N–H and O–H groups in total. The van der Waals surface area contributed by atoms with E-state index in [1.165, 1.54) is 23.1 Å². The standard InChI is InChI=1S/C34H31N7O9/c1-35-19-28(42)37(13-14-39-32(44)25-8-3-6-21-16-23(41(49)50)18-27(30(21)25)34(39)46)11-4-9-36-10-12-38-31(43)24-7-2-5-20-15-22(40(47)48)17-26(29(20)24)33(38)45/h2-3,5-8,15-18,35-36H,4,9-14,19H2,1H3. The lowest BCUT2D eigenvalue weighted by Crippen LogP contribution is -2.47. The Hall–Kier alpha value is -6.13. The van der Waals surface area contributed by atoms with Crippen molar-refractivity contribution in [2.75, 3.05) is 52.9 Å². The van der Waals surface area contributed by atoms with Gasteiger partial charge in [0.25, 0.3) is 35.0 Å². The molecule has 2 aliphatic rings. The summed E-state index contributed by atoms with van der Waals surface area (Å²) in [6.07, 6.45) is 0.446. The predicted octanol–water partition coefficient (Wildman–Crippen LogP) is 2.73. The van der Waals surface area contributed by atoms with Crippen LogP contribution in [0, 0.1) is 20.2 Å². The van der Waals surface area contributed by atoms with Gasteiger partial charge >= 0.3 is 0 Å². The van der Waals surface area contributed by atoms with Crippen LogP contribution in [0.1, 0.15) is 47.9 Å². The smallest absolute Gasteiger partial charge is 0.270 e. The fourth-order valence-corrected chi connectivity index (χ4v) is 6.46. The highest BCUT2D eigenvalue weighted by atomic mass is 16.6. The molecule has 256 valence electrons. The van der Waals surface area contributed by atoms with Gasteiger partial charge in [-0.3, -0.25) is 54.0 Å². The quantitative estimate of drug-likeness (QED) is 0.0857. The molecule has 0 bridgehead atoms. The zero-order valence-electron chi connectivity index (χ0n) is 26.8. The highest BCUT2D eigenvalue weighted by Crippen LogP contribution is 2.35. The van der Waals surface area contributed by atoms with Crippen LogP contribution in [0.15, 0.2) is 60.7 Å². The lowest BCUT2D eigenvalue weighted by atomic mass is 9.93. The first kappa shape index (κ1) is 33.8. The Morgan fingerprint density at radius 1 is 0.700 bits per heavy atom. The van der Waals surface area contributed by atoms with Gasteiger partial charge in [0.2, 0.25) is 5.91 Å². The molecule has 0 unspecified atom stereocenters. The van der Waals surface area contributed by atoms with Crippen LogP contribution in [0.25, 0.3) is 21.5 Å². The Morgan fingerprint density at radius 2 is 1.20 bits per heavy atom. The van der Waals surface area contributed by atoms with Crippen molar-refractivity contribution in [2.45, 2.75) is 6.42 Å². The number of carbonyl (C=O) groups is 5. The van der Waals surface area contributed by atoms with E-state index in [1.807, 2.05) is 0 Å². The normalized spacial score (nSPS) is 13.8. The Bertz CT molecular complexity index is 2130. The number of rotatable bonds is 14. The number of nitrogens with zero attached hydrogens (tertiary/aromatic N) is 5. The Kier molecular flexibility index (Phi) is 9.30. The van der Waals surface area contributed by atoms with Crippen molar-refractivity contribution in [1.82, 2.24) is 25.3 Å². The van der Waals surface area contributed by atoms with E-state index in [0.717, 1.165) is 15.9 Å². The van der Waals surface area contributed by atoms with Crippen molar-refractivity contribution in [3.8, 4) is 0 Å². The van der Waals surface area contributed by atoms with E-state index >= 15 is 0 Å². The van der Waals surface area contributed by atoms with Crippen LogP contribution >= 0.6 is 0 Å². The molecule has 2 heterocycles. The van der Waals surface area contributed by atoms with Crippen molar-refractivity contribution in [1.29, 1.82) is 0 Å². The third-order valence-corrected chi connectivity index (χ3v) is 8.82. The van der Waals surface area contributed by atoms with Crippen LogP contribution in [0.2, 0.25) is 0 Å². The highest BCUT2D eigenvalue weighted by molar-refractivity contribution is 6.26. The van der Waals surface area contributed by atoms with Gasteiger partial charge in [0.1, 0.15) is 0 Å². The number of carbonyl (C=O) groups excluding carboxylic acids is 5. The van der Waals surface area contributed by atoms with E-state index in [2.05, 4.69) is 10.6 Å². The molecular formula is C34H31N7O9. The maximum Gasteiger partial charge on any atom is 0.270 e. The van der Waals surface area contributed by atoms with Crippen molar-refractivity contribution in [3.63, 3.8) is 0 Å². The number of nitrogens with one attached hydrogen (secondary N) is 2. The molecule has 0 atom stereocenters. The summed E-state index contributed by atoms with van der Waals surface area (Å²) in [5.74, 6) is -2.62. The van der Waals surface area contributed by atoms with E-state index < -0.39 is 33.5 Å². The molecule has 6 rings (SSSR count). The third kappa shape index (κ3) is 6.12. The van der Waals surface area contributed by atoms with Crippen LogP contribution in [-0.4, -0.2) is 107 Å². The van der Waals surface area contributed by atoms with Gasteiger partial charge in [-0.15, -0.1) is 0 Å². The van der Waals surface area contributed by atoms with Crippen LogP contribution < -0.4 is 10.6 Å². The zero-order valence-corrected chi connectivity index (χ0v) is 26.8. The number of likely N-dealkylation sites (N-methyl/N-ethyl adjacent to an activating group) is 1. The largest absolute Gasteiger partial charge is 0.340 e. The summed E-state index contributed by atoms with van der Waals surface area (Å²) in [4.78, 5) is 91.6. The minimum absolute atomic E-state index is 0.00413. The second kappa shape index (κ2) is 13.8. The van der Waals surface area contributed by atoms with Gasteiger partial charge in [-0.05, 0) is 42.9 Å². The molecule has 0 aliphatic carbocycles. The van der Waals surface area contributed by atoms with E-state index in [0.29, 0.717) is 34.5 Å². The fraction of sp³-hybridized carbons (Fsp3) is 0.265. The third-order valence-electron chi connectivity index (χ3n) is 8.82. The number of hydrogen-bond acceptors (Lipinski definition) is 11. The fourth-order valence-electron chi connectivity index (χ4n) is 6.46. The number of non-ortho nitro benzene ring substituents is 2. The van der Waals surface area contributed by atoms with Gasteiger partial charge < -0.3 is 15.5 Å². The molecule has 0 fully saturated rings. The monoisotopic (exact) mass is 681 g/mol. The van der Waals surface area contributed by atoms with Gasteiger partial charge in [-0.25, -0.2) is 0 Å². The van der Waals surface area contributed by atoms with Crippen LogP contribution in [-0.2, 0) is 4.79 Å². The van der Waals surface area contributed by atoms with E-state index in [9.17, 15) is 44.2 Å². The molecule has 16 nitrogen and oxygen atoms in total. The van der Waals surface area contributed by atoms with Gasteiger partial charge in [0.15, 0.2) is 0 Å². The summed E-state index contributed by atoms with van der Waals surface area (Å²) in [5, 5.41) is 30.5. The first-order chi connectivity index (χ1) is 24.0. The summed E-state index contributed by atoms with van der Waals surface area (Å²) in [6.45, 7) is 0.756. The highest BCUT2D eigenvalue weighted by Gasteiger charge is 2.36. The minimum Gasteiger partial charge on any atom is -0.340 e. The summed E-state index contributed by atoms with van der Waals surface area (Å²) in [7, 11) is 1.61. The SMILES string of the molecule is CNCC(=O)N(CCCNCCN1C(=O)c2cccc3cc([N+](=O)[O-])cc(c23)C1=O)CCN1C(=O)c2cccc3cc([N+](=O)[O-])cc(c23)C1=O. The lowest BCUT2D eigenvalue weighted by Gasteiger charge is -2.30. The summed E-state index contributed by atoms with van der Waals surface area (Å²) in [5.41, 5.74) is 0.148. The molecule has 50 heavy (non-hydrogen) atoms. The van der Waals surface area contributed by atoms with Gasteiger partial charge in [0, 0.05) is 78.9 Å². The van der Waals surface area contributed by atoms with E-state index in [4.69, 9.17) is 0 Å². The van der Waals surface area contributed by atoms with Crippen molar-refractivity contribution < 1.29 is 33.8 Å².